The predicted molar refractivity (Wildman–Crippen MR) is 284 cm³/mol. The summed E-state index contributed by atoms with van der Waals surface area (Å²) in [6.07, 6.45) is 2.15. The van der Waals surface area contributed by atoms with Gasteiger partial charge in [0.1, 0.15) is 23.7 Å². The number of methoxy groups -OCH3 is 1. The molecule has 0 aromatic heterocycles. The first-order chi connectivity index (χ1) is 35.4. The van der Waals surface area contributed by atoms with E-state index in [0.29, 0.717) is 51.9 Å². The molecule has 2 amide bonds. The predicted octanol–water partition coefficient (Wildman–Crippen LogP) is 4.86. The van der Waals surface area contributed by atoms with E-state index in [1.807, 2.05) is 140 Å². The monoisotopic (exact) mass is 1020 g/mol. The molecule has 4 atom stereocenters. The number of rotatable bonds is 12. The topological polar surface area (TPSA) is 172 Å². The van der Waals surface area contributed by atoms with Crippen LogP contribution in [0.4, 0.5) is 8.78 Å². The number of hydrogen-bond donors (Lipinski definition) is 1. The number of esters is 1. The summed E-state index contributed by atoms with van der Waals surface area (Å²) in [5, 5.41) is 10.1. The zero-order valence-electron chi connectivity index (χ0n) is 43.3. The van der Waals surface area contributed by atoms with Gasteiger partial charge in [0.2, 0.25) is 11.8 Å². The number of nitrogens with zero attached hydrogens (tertiary/aromatic N) is 4. The zero-order chi connectivity index (χ0) is 51.7. The Morgan fingerprint density at radius 1 is 0.566 bits per heavy atom. The van der Waals surface area contributed by atoms with Crippen molar-refractivity contribution in [1.82, 2.24) is 19.6 Å². The van der Waals surface area contributed by atoms with Crippen molar-refractivity contribution in [3.63, 3.8) is 0 Å². The van der Waals surface area contributed by atoms with E-state index in [0.717, 1.165) is 33.4 Å². The van der Waals surface area contributed by atoms with E-state index in [1.165, 1.54) is 36.3 Å². The molecule has 4 N–H and O–H groups in total. The van der Waals surface area contributed by atoms with Crippen LogP contribution in [0.2, 0.25) is 0 Å². The van der Waals surface area contributed by atoms with E-state index in [9.17, 15) is 33.1 Å². The van der Waals surface area contributed by atoms with Crippen LogP contribution in [0, 0.1) is 35.3 Å². The van der Waals surface area contributed by atoms with E-state index >= 15 is 0 Å². The normalized spacial score (nSPS) is 16.7. The molecule has 8 rings (SSSR count). The first-order valence-corrected chi connectivity index (χ1v) is 24.4. The van der Waals surface area contributed by atoms with Gasteiger partial charge in [-0.05, 0) is 111 Å². The third-order valence-corrected chi connectivity index (χ3v) is 13.6. The average Bonchev–Trinajstić information content (AvgIpc) is 3.43. The number of amides is 2. The summed E-state index contributed by atoms with van der Waals surface area (Å²) in [5.41, 5.74) is 4.92. The van der Waals surface area contributed by atoms with E-state index in [1.54, 1.807) is 29.2 Å². The molecule has 15 heteroatoms. The van der Waals surface area contributed by atoms with Gasteiger partial charge in [-0.3, -0.25) is 19.4 Å². The summed E-state index contributed by atoms with van der Waals surface area (Å²) in [6.45, 7) is 1.72. The molecule has 0 aliphatic carbocycles. The Hall–Kier alpha value is -7.38. The number of likely N-dealkylation sites (tertiary alicyclic amines) is 2. The number of piperidine rings is 2. The summed E-state index contributed by atoms with van der Waals surface area (Å²) >= 11 is 0. The Morgan fingerprint density at radius 2 is 0.882 bits per heavy atom. The van der Waals surface area contributed by atoms with Gasteiger partial charge in [0.05, 0.1) is 32.0 Å². The number of hydrogen-bond acceptors (Lipinski definition) is 8. The number of aliphatic carboxylic acids is 1. The number of carbonyl (C=O) groups is 4. The Morgan fingerprint density at radius 3 is 1.20 bits per heavy atom. The van der Waals surface area contributed by atoms with E-state index in [-0.39, 0.29) is 65.3 Å². The second-order valence-corrected chi connectivity index (χ2v) is 18.3. The van der Waals surface area contributed by atoms with Crippen molar-refractivity contribution in [2.75, 3.05) is 47.4 Å². The van der Waals surface area contributed by atoms with Gasteiger partial charge >= 0.3 is 30.8 Å². The molecule has 0 bridgehead atoms. The molecule has 0 radical (unpaired) electrons. The molecule has 6 aromatic rings. The third kappa shape index (κ3) is 16.3. The molecule has 0 spiro atoms. The fourth-order valence-corrected chi connectivity index (χ4v) is 9.54. The van der Waals surface area contributed by atoms with Gasteiger partial charge in [-0.2, -0.15) is 0 Å². The van der Waals surface area contributed by atoms with Gasteiger partial charge in [-0.1, -0.05) is 145 Å². The molecule has 2 aliphatic heterocycles. The standard InChI is InChI=1S/C31H31FN2O3.C30H29FN2O3.Li.2H2O/c1-33(20-9-10-23-15-17-26(32)18-16-23)27-19-21-34(28(22-27)31(36)37-2)30(35)29(24-11-5-3-6-12-24)25-13-7-4-8-14-25;1-32(19-8-9-22-14-16-25(31)17-15-22)26-18-20-33(27(21-26)30(35)36)29(34)28(23-10-4-2-5-11-23)24-12-6-3-7-13-24;;;/h3-8,11-18,27-29H,19-22H2,1-2H3;2-7,10-17,26-28H,18-21H2,1H3,(H,35,36);;2*1H2/q;;+1;;/p-1/t27-,28+;26-,27+;;;/m11.../s1. The van der Waals surface area contributed by atoms with Crippen molar-refractivity contribution in [1.29, 1.82) is 0 Å². The number of benzene rings is 6. The number of carboxylic acid groups (broad SMARTS) is 1. The molecule has 76 heavy (non-hydrogen) atoms. The van der Waals surface area contributed by atoms with E-state index in [2.05, 4.69) is 28.6 Å². The SMILES string of the molecule is CN(CC#Cc1ccc(F)cc1)[C@@H]1CCN(C(=O)C(c2ccccc2)c2ccccc2)[C@H](C(=O)O)C1.COC(=O)[C@@H]1C[C@H](N(C)CC#Cc2ccc(F)cc2)CCN1C(=O)C(c1ccccc1)c1ccccc1.O.[Li+].[OH-]. The van der Waals surface area contributed by atoms with Crippen molar-refractivity contribution < 1.29 is 67.6 Å². The van der Waals surface area contributed by atoms with E-state index in [4.69, 9.17) is 4.74 Å². The smallest absolute Gasteiger partial charge is 0.870 e. The Bertz CT molecular complexity index is 2820. The summed E-state index contributed by atoms with van der Waals surface area (Å²) in [6, 6.07) is 48.8. The van der Waals surface area contributed by atoms with Crippen LogP contribution in [0.25, 0.3) is 0 Å². The molecule has 2 aliphatic rings. The summed E-state index contributed by atoms with van der Waals surface area (Å²) in [7, 11) is 5.24. The van der Waals surface area contributed by atoms with Gasteiger partial charge in [0, 0.05) is 36.3 Å². The molecule has 390 valence electrons. The van der Waals surface area contributed by atoms with Crippen molar-refractivity contribution in [2.24, 2.45) is 0 Å². The van der Waals surface area contributed by atoms with Crippen LogP contribution in [0.3, 0.4) is 0 Å². The molecule has 12 nitrogen and oxygen atoms in total. The van der Waals surface area contributed by atoms with Crippen molar-refractivity contribution >= 4 is 23.8 Å². The Balaban J connectivity index is 0.000000316. The van der Waals surface area contributed by atoms with Gasteiger partial charge in [0.15, 0.2) is 0 Å². The molecule has 0 unspecified atom stereocenters. The maximum absolute atomic E-state index is 14.0. The number of carboxylic acids is 1. The molecule has 2 saturated heterocycles. The van der Waals surface area contributed by atoms with Crippen LogP contribution in [0.15, 0.2) is 170 Å². The largest absolute Gasteiger partial charge is 1.00 e. The van der Waals surface area contributed by atoms with Crippen LogP contribution < -0.4 is 18.9 Å². The van der Waals surface area contributed by atoms with Crippen molar-refractivity contribution in [3.05, 3.63) is 215 Å². The fourth-order valence-electron chi connectivity index (χ4n) is 9.54. The molecule has 6 aromatic carbocycles. The van der Waals surface area contributed by atoms with Crippen LogP contribution in [0.5, 0.6) is 0 Å². The number of halogens is 2. The van der Waals surface area contributed by atoms with Gasteiger partial charge in [-0.15, -0.1) is 0 Å². The second kappa shape index (κ2) is 30.2. The maximum atomic E-state index is 14.0. The third-order valence-electron chi connectivity index (χ3n) is 13.6. The van der Waals surface area contributed by atoms with Crippen molar-refractivity contribution in [2.45, 2.75) is 61.7 Å². The van der Waals surface area contributed by atoms with Crippen LogP contribution >= 0.6 is 0 Å². The Kier molecular flexibility index (Phi) is 24.3. The molecular weight excluding hydrogens is 962 g/mol. The fraction of sp³-hybridized carbons (Fsp3) is 0.279. The average molecular weight is 1030 g/mol. The minimum absolute atomic E-state index is 0. The first-order valence-electron chi connectivity index (χ1n) is 24.4. The molecule has 2 fully saturated rings. The maximum Gasteiger partial charge on any atom is 1.00 e. The minimum atomic E-state index is -1.00. The summed E-state index contributed by atoms with van der Waals surface area (Å²) in [5.74, 6) is 8.89. The molecule has 2 heterocycles. The van der Waals surface area contributed by atoms with Gasteiger partial charge in [0.25, 0.3) is 0 Å². The summed E-state index contributed by atoms with van der Waals surface area (Å²) < 4.78 is 31.3. The first kappa shape index (κ1) is 61.2. The van der Waals surface area contributed by atoms with Gasteiger partial charge in [-0.25, -0.2) is 18.4 Å². The summed E-state index contributed by atoms with van der Waals surface area (Å²) in [4.78, 5) is 60.4. The minimum Gasteiger partial charge on any atom is -0.870 e. The van der Waals surface area contributed by atoms with Crippen LogP contribution in [-0.4, -0.2) is 131 Å². The quantitative estimate of drug-likeness (QED) is 0.102. The van der Waals surface area contributed by atoms with Gasteiger partial charge < -0.3 is 30.6 Å². The second-order valence-electron chi connectivity index (χ2n) is 18.3. The van der Waals surface area contributed by atoms with Crippen LogP contribution in [-0.2, 0) is 23.9 Å². The number of carbonyl (C=O) groups excluding carboxylic acids is 3. The van der Waals surface area contributed by atoms with E-state index < -0.39 is 35.9 Å². The van der Waals surface area contributed by atoms with Crippen molar-refractivity contribution in [3.8, 4) is 23.7 Å². The zero-order valence-corrected chi connectivity index (χ0v) is 43.3. The molecule has 0 saturated carbocycles. The molecular formula is C61H63F2LiN4O8. The van der Waals surface area contributed by atoms with Crippen LogP contribution in [0.1, 0.15) is 70.9 Å². The Labute approximate surface area is 456 Å². The number of ether oxygens (including phenoxy) is 1.